The third-order valence-corrected chi connectivity index (χ3v) is 3.67. The number of carbonyl (C=O) groups excluding carboxylic acids is 3. The number of ketones is 1. The van der Waals surface area contributed by atoms with Crippen LogP contribution in [0.25, 0.3) is 0 Å². The largest absolute Gasteiger partial charge is 0.368 e. The van der Waals surface area contributed by atoms with Crippen LogP contribution in [0.1, 0.15) is 36.0 Å². The number of rotatable bonds is 4. The van der Waals surface area contributed by atoms with E-state index in [0.717, 1.165) is 6.07 Å². The van der Waals surface area contributed by atoms with E-state index in [1.807, 2.05) is 0 Å². The highest BCUT2D eigenvalue weighted by Crippen LogP contribution is 2.24. The second kappa shape index (κ2) is 6.47. The van der Waals surface area contributed by atoms with Gasteiger partial charge in [-0.2, -0.15) is 0 Å². The summed E-state index contributed by atoms with van der Waals surface area (Å²) in [6, 6.07) is 4.25. The fraction of sp³-hybridized carbons (Fsp3) is 0.400. The van der Waals surface area contributed by atoms with Crippen molar-refractivity contribution in [1.82, 2.24) is 5.32 Å². The van der Waals surface area contributed by atoms with E-state index in [-0.39, 0.29) is 23.7 Å². The predicted octanol–water partition coefficient (Wildman–Crippen LogP) is 1.17. The number of benzene rings is 1. The van der Waals surface area contributed by atoms with Gasteiger partial charge in [0.1, 0.15) is 17.6 Å². The predicted molar refractivity (Wildman–Crippen MR) is 73.8 cm³/mol. The monoisotopic (exact) mass is 292 g/mol. The molecule has 0 spiro atoms. The summed E-state index contributed by atoms with van der Waals surface area (Å²) in [4.78, 5) is 35.1. The molecule has 2 atom stereocenters. The van der Waals surface area contributed by atoms with Crippen LogP contribution in [0.3, 0.4) is 0 Å². The summed E-state index contributed by atoms with van der Waals surface area (Å²) >= 11 is 0. The van der Waals surface area contributed by atoms with E-state index in [2.05, 4.69) is 5.32 Å². The van der Waals surface area contributed by atoms with Crippen molar-refractivity contribution >= 4 is 17.6 Å². The van der Waals surface area contributed by atoms with Crippen LogP contribution in [-0.2, 0) is 9.59 Å². The Kier molecular flexibility index (Phi) is 4.67. The molecule has 2 amide bonds. The Morgan fingerprint density at radius 2 is 2.14 bits per heavy atom. The lowest BCUT2D eigenvalue weighted by Crippen LogP contribution is -2.50. The van der Waals surface area contributed by atoms with E-state index >= 15 is 0 Å². The highest BCUT2D eigenvalue weighted by molar-refractivity contribution is 5.97. The molecule has 1 fully saturated rings. The zero-order valence-electron chi connectivity index (χ0n) is 11.5. The molecule has 0 radical (unpaired) electrons. The normalized spacial score (nSPS) is 19.9. The van der Waals surface area contributed by atoms with Gasteiger partial charge in [-0.05, 0) is 37.0 Å². The first kappa shape index (κ1) is 15.2. The standard InChI is InChI=1S/C15H17FN2O3/c16-11-5-1-4-10(7-11)15(21)18-13(14(17)20)9-3-2-6-12(19)8-9/h1,4-5,7,9,13H,2-3,6,8H2,(H2,17,20)(H,18,21)/t9-,13+/m1/s1. The van der Waals surface area contributed by atoms with Crippen LogP contribution < -0.4 is 11.1 Å². The highest BCUT2D eigenvalue weighted by Gasteiger charge is 2.32. The molecule has 21 heavy (non-hydrogen) atoms. The molecule has 0 unspecified atom stereocenters. The van der Waals surface area contributed by atoms with Gasteiger partial charge in [0, 0.05) is 18.4 Å². The minimum Gasteiger partial charge on any atom is -0.368 e. The van der Waals surface area contributed by atoms with Crippen LogP contribution in [0, 0.1) is 11.7 Å². The lowest BCUT2D eigenvalue weighted by molar-refractivity contribution is -0.124. The number of halogens is 1. The molecule has 0 aromatic heterocycles. The highest BCUT2D eigenvalue weighted by atomic mass is 19.1. The molecule has 6 heteroatoms. The Morgan fingerprint density at radius 3 is 2.76 bits per heavy atom. The number of nitrogens with one attached hydrogen (secondary N) is 1. The van der Waals surface area contributed by atoms with Crippen LogP contribution in [-0.4, -0.2) is 23.6 Å². The zero-order valence-corrected chi connectivity index (χ0v) is 11.5. The van der Waals surface area contributed by atoms with Gasteiger partial charge in [0.15, 0.2) is 0 Å². The molecule has 1 aromatic carbocycles. The smallest absolute Gasteiger partial charge is 0.252 e. The fourth-order valence-electron chi connectivity index (χ4n) is 2.62. The Bertz CT molecular complexity index is 574. The van der Waals surface area contributed by atoms with Gasteiger partial charge in [0.05, 0.1) is 0 Å². The number of nitrogens with two attached hydrogens (primary N) is 1. The van der Waals surface area contributed by atoms with Crippen molar-refractivity contribution in [2.45, 2.75) is 31.7 Å². The van der Waals surface area contributed by atoms with Crippen LogP contribution >= 0.6 is 0 Å². The van der Waals surface area contributed by atoms with Crippen molar-refractivity contribution in [2.75, 3.05) is 0 Å². The van der Waals surface area contributed by atoms with Gasteiger partial charge >= 0.3 is 0 Å². The maximum atomic E-state index is 13.1. The molecule has 1 aliphatic rings. The summed E-state index contributed by atoms with van der Waals surface area (Å²) in [5.41, 5.74) is 5.44. The van der Waals surface area contributed by atoms with E-state index in [4.69, 9.17) is 5.73 Å². The molecular formula is C15H17FN2O3. The van der Waals surface area contributed by atoms with Crippen molar-refractivity contribution in [1.29, 1.82) is 0 Å². The van der Waals surface area contributed by atoms with Crippen molar-refractivity contribution in [2.24, 2.45) is 11.7 Å². The summed E-state index contributed by atoms with van der Waals surface area (Å²) in [5, 5.41) is 2.52. The fourth-order valence-corrected chi connectivity index (χ4v) is 2.62. The van der Waals surface area contributed by atoms with Gasteiger partial charge in [-0.15, -0.1) is 0 Å². The Morgan fingerprint density at radius 1 is 1.38 bits per heavy atom. The van der Waals surface area contributed by atoms with Gasteiger partial charge in [0.25, 0.3) is 5.91 Å². The number of primary amides is 1. The molecule has 3 N–H and O–H groups in total. The van der Waals surface area contributed by atoms with E-state index in [1.54, 1.807) is 0 Å². The average molecular weight is 292 g/mol. The summed E-state index contributed by atoms with van der Waals surface area (Å²) < 4.78 is 13.1. The SMILES string of the molecule is NC(=O)[C@@H](NC(=O)c1cccc(F)c1)[C@@H]1CCCC(=O)C1. The molecule has 112 valence electrons. The minimum atomic E-state index is -0.912. The molecule has 2 rings (SSSR count). The lowest BCUT2D eigenvalue weighted by atomic mass is 9.82. The van der Waals surface area contributed by atoms with E-state index < -0.39 is 23.7 Å². The molecule has 1 aromatic rings. The first-order chi connectivity index (χ1) is 9.97. The number of Topliss-reactive ketones (excluding diaryl/α,β-unsaturated/α-hetero) is 1. The number of amides is 2. The third kappa shape index (κ3) is 3.87. The van der Waals surface area contributed by atoms with Crippen molar-refractivity contribution in [3.63, 3.8) is 0 Å². The van der Waals surface area contributed by atoms with Crippen molar-refractivity contribution in [3.8, 4) is 0 Å². The minimum absolute atomic E-state index is 0.0671. The molecular weight excluding hydrogens is 275 g/mol. The van der Waals surface area contributed by atoms with E-state index in [9.17, 15) is 18.8 Å². The summed E-state index contributed by atoms with van der Waals surface area (Å²) in [5.74, 6) is -2.01. The summed E-state index contributed by atoms with van der Waals surface area (Å²) in [7, 11) is 0. The summed E-state index contributed by atoms with van der Waals surface area (Å²) in [6.45, 7) is 0. The van der Waals surface area contributed by atoms with Gasteiger partial charge < -0.3 is 11.1 Å². The van der Waals surface area contributed by atoms with Crippen molar-refractivity contribution in [3.05, 3.63) is 35.6 Å². The number of carbonyl (C=O) groups is 3. The Labute approximate surface area is 121 Å². The molecule has 0 bridgehead atoms. The number of hydrogen-bond acceptors (Lipinski definition) is 3. The summed E-state index contributed by atoms with van der Waals surface area (Å²) in [6.07, 6.45) is 2.07. The van der Waals surface area contributed by atoms with Crippen LogP contribution in [0.4, 0.5) is 4.39 Å². The average Bonchev–Trinajstić information content (AvgIpc) is 2.44. The Balaban J connectivity index is 2.11. The second-order valence-electron chi connectivity index (χ2n) is 5.26. The molecule has 0 heterocycles. The third-order valence-electron chi connectivity index (χ3n) is 3.67. The van der Waals surface area contributed by atoms with E-state index in [1.165, 1.54) is 18.2 Å². The molecule has 0 saturated heterocycles. The maximum absolute atomic E-state index is 13.1. The number of hydrogen-bond donors (Lipinski definition) is 2. The van der Waals surface area contributed by atoms with Crippen LogP contribution in [0.5, 0.6) is 0 Å². The quantitative estimate of drug-likeness (QED) is 0.873. The topological polar surface area (TPSA) is 89.3 Å². The van der Waals surface area contributed by atoms with Crippen molar-refractivity contribution < 1.29 is 18.8 Å². The van der Waals surface area contributed by atoms with Crippen LogP contribution in [0.15, 0.2) is 24.3 Å². The lowest BCUT2D eigenvalue weighted by Gasteiger charge is -2.28. The first-order valence-corrected chi connectivity index (χ1v) is 6.85. The first-order valence-electron chi connectivity index (χ1n) is 6.85. The van der Waals surface area contributed by atoms with Crippen LogP contribution in [0.2, 0.25) is 0 Å². The van der Waals surface area contributed by atoms with Gasteiger partial charge in [-0.1, -0.05) is 6.07 Å². The zero-order chi connectivity index (χ0) is 15.4. The molecule has 1 aliphatic carbocycles. The van der Waals surface area contributed by atoms with Gasteiger partial charge in [0.2, 0.25) is 5.91 Å². The second-order valence-corrected chi connectivity index (χ2v) is 5.26. The molecule has 1 saturated carbocycles. The Hall–Kier alpha value is -2.24. The van der Waals surface area contributed by atoms with E-state index in [0.29, 0.717) is 19.3 Å². The molecule has 5 nitrogen and oxygen atoms in total. The maximum Gasteiger partial charge on any atom is 0.252 e. The molecule has 0 aliphatic heterocycles. The van der Waals surface area contributed by atoms with Gasteiger partial charge in [-0.25, -0.2) is 4.39 Å². The van der Waals surface area contributed by atoms with Gasteiger partial charge in [-0.3, -0.25) is 14.4 Å².